The number of anilines is 1. The van der Waals surface area contributed by atoms with Crippen LogP contribution >= 0.6 is 0 Å². The molecule has 0 fully saturated rings. The fourth-order valence-electron chi connectivity index (χ4n) is 3.48. The van der Waals surface area contributed by atoms with Crippen molar-refractivity contribution in [1.29, 1.82) is 0 Å². The average molecular weight is 415 g/mol. The highest BCUT2D eigenvalue weighted by atomic mass is 16.5. The van der Waals surface area contributed by atoms with Gasteiger partial charge in [0, 0.05) is 17.3 Å². The summed E-state index contributed by atoms with van der Waals surface area (Å²) in [6.07, 6.45) is 0. The van der Waals surface area contributed by atoms with E-state index in [4.69, 9.17) is 13.9 Å². The van der Waals surface area contributed by atoms with Gasteiger partial charge < -0.3 is 19.2 Å². The standard InChI is InChI=1S/C25H21NO5/c1-15-7-4-5-8-17(15)23-14-19(27)18-13-16(11-12-20(18)31-23)26-25(28)24-21(29-2)9-6-10-22(24)30-3/h4-14H,1-3H3,(H,26,28). The summed E-state index contributed by atoms with van der Waals surface area (Å²) in [5.74, 6) is 0.876. The number of rotatable bonds is 5. The van der Waals surface area contributed by atoms with E-state index in [1.54, 1.807) is 36.4 Å². The van der Waals surface area contributed by atoms with E-state index in [-0.39, 0.29) is 11.0 Å². The predicted molar refractivity (Wildman–Crippen MR) is 120 cm³/mol. The SMILES string of the molecule is COc1cccc(OC)c1C(=O)Nc1ccc2oc(-c3ccccc3C)cc(=O)c2c1. The quantitative estimate of drug-likeness (QED) is 0.494. The average Bonchev–Trinajstić information content (AvgIpc) is 2.79. The van der Waals surface area contributed by atoms with Crippen LogP contribution in [0.15, 0.2) is 75.9 Å². The van der Waals surface area contributed by atoms with Gasteiger partial charge in [0.05, 0.1) is 19.6 Å². The van der Waals surface area contributed by atoms with Crippen molar-refractivity contribution in [3.63, 3.8) is 0 Å². The Morgan fingerprint density at radius 1 is 0.903 bits per heavy atom. The molecule has 0 spiro atoms. The number of hydrogen-bond acceptors (Lipinski definition) is 5. The molecular formula is C25H21NO5. The van der Waals surface area contributed by atoms with Crippen molar-refractivity contribution in [2.75, 3.05) is 19.5 Å². The molecule has 1 heterocycles. The third-order valence-electron chi connectivity index (χ3n) is 5.05. The summed E-state index contributed by atoms with van der Waals surface area (Å²) in [7, 11) is 2.97. The van der Waals surface area contributed by atoms with E-state index in [1.807, 2.05) is 31.2 Å². The van der Waals surface area contributed by atoms with Crippen LogP contribution in [0, 0.1) is 6.92 Å². The largest absolute Gasteiger partial charge is 0.496 e. The molecule has 0 aliphatic carbocycles. The lowest BCUT2D eigenvalue weighted by molar-refractivity contribution is 0.102. The van der Waals surface area contributed by atoms with Crippen LogP contribution in [0.3, 0.4) is 0 Å². The van der Waals surface area contributed by atoms with Gasteiger partial charge in [-0.1, -0.05) is 30.3 Å². The summed E-state index contributed by atoms with van der Waals surface area (Å²) in [6, 6.07) is 19.2. The summed E-state index contributed by atoms with van der Waals surface area (Å²) >= 11 is 0. The molecule has 0 aliphatic heterocycles. The van der Waals surface area contributed by atoms with Crippen LogP contribution in [0.1, 0.15) is 15.9 Å². The Bertz CT molecular complexity index is 1320. The number of ether oxygens (including phenoxy) is 2. The molecule has 0 saturated carbocycles. The van der Waals surface area contributed by atoms with Gasteiger partial charge in [-0.2, -0.15) is 0 Å². The van der Waals surface area contributed by atoms with Gasteiger partial charge in [0.1, 0.15) is 28.4 Å². The van der Waals surface area contributed by atoms with E-state index in [0.717, 1.165) is 11.1 Å². The molecule has 1 N–H and O–H groups in total. The van der Waals surface area contributed by atoms with Crippen LogP contribution in [0.5, 0.6) is 11.5 Å². The van der Waals surface area contributed by atoms with Crippen LogP contribution in [-0.4, -0.2) is 20.1 Å². The first kappa shape index (κ1) is 20.2. The first-order valence-corrected chi connectivity index (χ1v) is 9.68. The molecule has 0 bridgehead atoms. The van der Waals surface area contributed by atoms with Gasteiger partial charge in [-0.3, -0.25) is 9.59 Å². The minimum absolute atomic E-state index is 0.189. The van der Waals surface area contributed by atoms with Crippen molar-refractivity contribution in [3.8, 4) is 22.8 Å². The molecule has 1 amide bonds. The van der Waals surface area contributed by atoms with Gasteiger partial charge in [-0.05, 0) is 42.8 Å². The Morgan fingerprint density at radius 3 is 2.29 bits per heavy atom. The molecule has 4 rings (SSSR count). The molecule has 156 valence electrons. The lowest BCUT2D eigenvalue weighted by Crippen LogP contribution is -2.15. The van der Waals surface area contributed by atoms with E-state index in [0.29, 0.717) is 33.9 Å². The number of carbonyl (C=O) groups is 1. The third kappa shape index (κ3) is 3.88. The Kier molecular flexibility index (Phi) is 5.45. The summed E-state index contributed by atoms with van der Waals surface area (Å²) < 4.78 is 16.6. The van der Waals surface area contributed by atoms with Gasteiger partial charge in [0.2, 0.25) is 0 Å². The minimum atomic E-state index is -0.408. The topological polar surface area (TPSA) is 77.8 Å². The molecule has 0 aliphatic rings. The van der Waals surface area contributed by atoms with Crippen LogP contribution in [0.4, 0.5) is 5.69 Å². The third-order valence-corrected chi connectivity index (χ3v) is 5.05. The van der Waals surface area contributed by atoms with Crippen molar-refractivity contribution < 1.29 is 18.7 Å². The number of fused-ring (bicyclic) bond motifs is 1. The molecule has 6 heteroatoms. The number of nitrogens with one attached hydrogen (secondary N) is 1. The van der Waals surface area contributed by atoms with Gasteiger partial charge >= 0.3 is 0 Å². The minimum Gasteiger partial charge on any atom is -0.496 e. The summed E-state index contributed by atoms with van der Waals surface area (Å²) in [4.78, 5) is 25.7. The normalized spacial score (nSPS) is 10.7. The molecule has 0 radical (unpaired) electrons. The smallest absolute Gasteiger partial charge is 0.263 e. The molecule has 4 aromatic rings. The fourth-order valence-corrected chi connectivity index (χ4v) is 3.48. The van der Waals surface area contributed by atoms with E-state index in [2.05, 4.69) is 5.32 Å². The molecule has 1 aromatic heterocycles. The fraction of sp³-hybridized carbons (Fsp3) is 0.120. The number of aryl methyl sites for hydroxylation is 1. The zero-order chi connectivity index (χ0) is 22.0. The van der Waals surface area contributed by atoms with Gasteiger partial charge in [-0.15, -0.1) is 0 Å². The van der Waals surface area contributed by atoms with Gasteiger partial charge in [0.25, 0.3) is 5.91 Å². The molecule has 31 heavy (non-hydrogen) atoms. The Labute approximate surface area is 179 Å². The van der Waals surface area contributed by atoms with Crippen LogP contribution in [-0.2, 0) is 0 Å². The van der Waals surface area contributed by atoms with Crippen LogP contribution in [0.25, 0.3) is 22.3 Å². The predicted octanol–water partition coefficient (Wildman–Crippen LogP) is 5.04. The Hall–Kier alpha value is -4.06. The van der Waals surface area contributed by atoms with E-state index < -0.39 is 5.91 Å². The monoisotopic (exact) mass is 415 g/mol. The number of carbonyl (C=O) groups excluding carboxylic acids is 1. The van der Waals surface area contributed by atoms with E-state index in [9.17, 15) is 9.59 Å². The number of hydrogen-bond donors (Lipinski definition) is 1. The molecular weight excluding hydrogens is 394 g/mol. The molecule has 0 saturated heterocycles. The highest BCUT2D eigenvalue weighted by molar-refractivity contribution is 6.08. The van der Waals surface area contributed by atoms with Crippen molar-refractivity contribution in [2.45, 2.75) is 6.92 Å². The Balaban J connectivity index is 1.70. The van der Waals surface area contributed by atoms with Crippen molar-refractivity contribution in [1.82, 2.24) is 0 Å². The van der Waals surface area contributed by atoms with Crippen molar-refractivity contribution in [3.05, 3.63) is 88.1 Å². The Morgan fingerprint density at radius 2 is 1.61 bits per heavy atom. The van der Waals surface area contributed by atoms with E-state index in [1.165, 1.54) is 20.3 Å². The van der Waals surface area contributed by atoms with Crippen LogP contribution < -0.4 is 20.2 Å². The first-order valence-electron chi connectivity index (χ1n) is 9.68. The second-order valence-corrected chi connectivity index (χ2v) is 6.99. The zero-order valence-electron chi connectivity index (χ0n) is 17.4. The first-order chi connectivity index (χ1) is 15.0. The summed E-state index contributed by atoms with van der Waals surface area (Å²) in [5.41, 5.74) is 2.86. The second-order valence-electron chi connectivity index (χ2n) is 6.99. The van der Waals surface area contributed by atoms with E-state index >= 15 is 0 Å². The lowest BCUT2D eigenvalue weighted by Gasteiger charge is -2.13. The van der Waals surface area contributed by atoms with Crippen LogP contribution in [0.2, 0.25) is 0 Å². The summed E-state index contributed by atoms with van der Waals surface area (Å²) in [6.45, 7) is 1.96. The maximum Gasteiger partial charge on any atom is 0.263 e. The molecule has 6 nitrogen and oxygen atoms in total. The van der Waals surface area contributed by atoms with Gasteiger partial charge in [0.15, 0.2) is 5.43 Å². The lowest BCUT2D eigenvalue weighted by atomic mass is 10.1. The van der Waals surface area contributed by atoms with Crippen molar-refractivity contribution >= 4 is 22.6 Å². The zero-order valence-corrected chi connectivity index (χ0v) is 17.4. The van der Waals surface area contributed by atoms with Crippen molar-refractivity contribution in [2.24, 2.45) is 0 Å². The van der Waals surface area contributed by atoms with Gasteiger partial charge in [-0.25, -0.2) is 0 Å². The maximum absolute atomic E-state index is 12.9. The maximum atomic E-state index is 12.9. The number of amides is 1. The molecule has 0 unspecified atom stereocenters. The second kappa shape index (κ2) is 8.36. The summed E-state index contributed by atoms with van der Waals surface area (Å²) in [5, 5.41) is 3.18. The molecule has 0 atom stereocenters. The highest BCUT2D eigenvalue weighted by Gasteiger charge is 2.19. The highest BCUT2D eigenvalue weighted by Crippen LogP contribution is 2.30. The number of methoxy groups -OCH3 is 2. The molecule has 3 aromatic carbocycles. The number of benzene rings is 3.